The van der Waals surface area contributed by atoms with E-state index in [0.29, 0.717) is 41.0 Å². The van der Waals surface area contributed by atoms with Crippen LogP contribution in [0.4, 0.5) is 0 Å². The molecule has 0 spiro atoms. The van der Waals surface area contributed by atoms with Crippen molar-refractivity contribution in [2.24, 2.45) is 0 Å². The molecule has 0 aliphatic heterocycles. The van der Waals surface area contributed by atoms with Crippen molar-refractivity contribution < 1.29 is 9.53 Å². The first-order valence-corrected chi connectivity index (χ1v) is 9.54. The molecule has 0 saturated carbocycles. The van der Waals surface area contributed by atoms with Crippen LogP contribution in [0, 0.1) is 0 Å². The number of nitrogens with one attached hydrogen (secondary N) is 2. The molecule has 30 heavy (non-hydrogen) atoms. The number of nitrogens with zero attached hydrogens (tertiary/aromatic N) is 3. The lowest BCUT2D eigenvalue weighted by Crippen LogP contribution is -2.29. The Morgan fingerprint density at radius 2 is 1.83 bits per heavy atom. The predicted octanol–water partition coefficient (Wildman–Crippen LogP) is 2.36. The van der Waals surface area contributed by atoms with Crippen molar-refractivity contribution in [3.05, 3.63) is 82.4 Å². The summed E-state index contributed by atoms with van der Waals surface area (Å²) < 4.78 is 6.44. The molecule has 0 unspecified atom stereocenters. The van der Waals surface area contributed by atoms with Gasteiger partial charge in [0.15, 0.2) is 0 Å². The molecule has 0 saturated heterocycles. The predicted molar refractivity (Wildman–Crippen MR) is 113 cm³/mol. The van der Waals surface area contributed by atoms with Crippen LogP contribution in [-0.2, 0) is 17.8 Å². The van der Waals surface area contributed by atoms with E-state index < -0.39 is 0 Å². The molecule has 2 heterocycles. The van der Waals surface area contributed by atoms with Gasteiger partial charge in [0.2, 0.25) is 0 Å². The molecule has 0 fully saturated rings. The maximum absolute atomic E-state index is 12.6. The maximum atomic E-state index is 12.6. The van der Waals surface area contributed by atoms with Crippen LogP contribution in [0.5, 0.6) is 0 Å². The molecule has 0 aliphatic rings. The zero-order chi connectivity index (χ0) is 20.9. The molecule has 0 aliphatic carbocycles. The third-order valence-corrected chi connectivity index (χ3v) is 4.76. The van der Waals surface area contributed by atoms with Crippen LogP contribution in [0.15, 0.2) is 65.5 Å². The van der Waals surface area contributed by atoms with Crippen molar-refractivity contribution in [1.82, 2.24) is 25.3 Å². The van der Waals surface area contributed by atoms with Crippen molar-refractivity contribution in [3.8, 4) is 11.3 Å². The molecule has 2 aromatic carbocycles. The van der Waals surface area contributed by atoms with Gasteiger partial charge in [0.25, 0.3) is 11.5 Å². The van der Waals surface area contributed by atoms with Crippen molar-refractivity contribution in [2.75, 3.05) is 13.7 Å². The molecule has 0 radical (unpaired) electrons. The number of benzene rings is 2. The second-order valence-corrected chi connectivity index (χ2v) is 6.73. The zero-order valence-electron chi connectivity index (χ0n) is 16.5. The minimum atomic E-state index is -0.301. The number of H-pyrrole nitrogens is 1. The van der Waals surface area contributed by atoms with E-state index in [4.69, 9.17) is 4.74 Å². The molecule has 2 aromatic heterocycles. The Bertz CT molecular complexity index is 1230. The van der Waals surface area contributed by atoms with E-state index in [2.05, 4.69) is 20.6 Å². The lowest BCUT2D eigenvalue weighted by atomic mass is 10.1. The van der Waals surface area contributed by atoms with Crippen LogP contribution in [-0.4, -0.2) is 39.6 Å². The smallest absolute Gasteiger partial charge is 0.274 e. The Kier molecular flexibility index (Phi) is 5.67. The molecule has 0 atom stereocenters. The summed E-state index contributed by atoms with van der Waals surface area (Å²) in [5, 5.41) is 15.5. The number of ether oxygens (including phenoxy) is 1. The third kappa shape index (κ3) is 3.99. The van der Waals surface area contributed by atoms with Gasteiger partial charge < -0.3 is 10.1 Å². The molecule has 152 valence electrons. The molecule has 0 bridgehead atoms. The van der Waals surface area contributed by atoms with Crippen LogP contribution in [0.2, 0.25) is 0 Å². The highest BCUT2D eigenvalue weighted by Gasteiger charge is 2.14. The summed E-state index contributed by atoms with van der Waals surface area (Å²) in [4.78, 5) is 25.3. The molecular weight excluding hydrogens is 382 g/mol. The Morgan fingerprint density at radius 3 is 2.60 bits per heavy atom. The Hall–Kier alpha value is -3.78. The highest BCUT2D eigenvalue weighted by Crippen LogP contribution is 2.17. The van der Waals surface area contributed by atoms with Gasteiger partial charge in [0.05, 0.1) is 36.5 Å². The molecule has 8 nitrogen and oxygen atoms in total. The van der Waals surface area contributed by atoms with Gasteiger partial charge in [0, 0.05) is 18.1 Å². The van der Waals surface area contributed by atoms with Gasteiger partial charge in [-0.3, -0.25) is 14.7 Å². The lowest BCUT2D eigenvalue weighted by Gasteiger charge is -2.11. The Morgan fingerprint density at radius 1 is 1.10 bits per heavy atom. The molecule has 4 rings (SSSR count). The molecule has 8 heteroatoms. The van der Waals surface area contributed by atoms with E-state index >= 15 is 0 Å². The quantitative estimate of drug-likeness (QED) is 0.493. The van der Waals surface area contributed by atoms with Crippen molar-refractivity contribution in [1.29, 1.82) is 0 Å². The minimum Gasteiger partial charge on any atom is -0.383 e. The van der Waals surface area contributed by atoms with Gasteiger partial charge >= 0.3 is 0 Å². The van der Waals surface area contributed by atoms with Crippen molar-refractivity contribution in [3.63, 3.8) is 0 Å². The molecular formula is C22H21N5O3. The summed E-state index contributed by atoms with van der Waals surface area (Å²) in [6.45, 7) is 0.877. The van der Waals surface area contributed by atoms with E-state index in [1.54, 1.807) is 19.2 Å². The van der Waals surface area contributed by atoms with E-state index in [1.165, 1.54) is 4.68 Å². The van der Waals surface area contributed by atoms with Crippen LogP contribution < -0.4 is 10.9 Å². The van der Waals surface area contributed by atoms with E-state index in [-0.39, 0.29) is 18.0 Å². The standard InChI is InChI=1S/C22H21N5O3/c1-30-12-11-27-22(29)17-10-6-5-9-16(17)20(26-27)14-23-21(28)19-13-18(24-25-19)15-7-3-2-4-8-15/h2-10,13H,11-12,14H2,1H3,(H,23,28)(H,24,25). The number of fused-ring (bicyclic) bond motifs is 1. The second-order valence-electron chi connectivity index (χ2n) is 6.73. The SMILES string of the molecule is COCCn1nc(CNC(=O)c2cc(-c3ccccc3)n[nH]2)c2ccccc2c1=O. The van der Waals surface area contributed by atoms with Crippen LogP contribution in [0.25, 0.3) is 22.0 Å². The van der Waals surface area contributed by atoms with Gasteiger partial charge in [-0.25, -0.2) is 4.68 Å². The molecule has 1 amide bonds. The number of carbonyl (C=O) groups excluding carboxylic acids is 1. The monoisotopic (exact) mass is 403 g/mol. The number of hydrogen-bond acceptors (Lipinski definition) is 5. The lowest BCUT2D eigenvalue weighted by molar-refractivity contribution is 0.0945. The highest BCUT2D eigenvalue weighted by atomic mass is 16.5. The second kappa shape index (κ2) is 8.71. The first-order chi connectivity index (χ1) is 14.7. The van der Waals surface area contributed by atoms with E-state index in [0.717, 1.165) is 5.56 Å². The summed E-state index contributed by atoms with van der Waals surface area (Å²) in [6.07, 6.45) is 0. The van der Waals surface area contributed by atoms with Crippen LogP contribution in [0.3, 0.4) is 0 Å². The Labute approximate surface area is 172 Å². The number of aromatic nitrogens is 4. The zero-order valence-corrected chi connectivity index (χ0v) is 16.5. The first kappa shape index (κ1) is 19.5. The number of aromatic amines is 1. The fraction of sp³-hybridized carbons (Fsp3) is 0.182. The number of rotatable bonds is 7. The largest absolute Gasteiger partial charge is 0.383 e. The maximum Gasteiger partial charge on any atom is 0.274 e. The summed E-state index contributed by atoms with van der Waals surface area (Å²) in [5.74, 6) is -0.301. The summed E-state index contributed by atoms with van der Waals surface area (Å²) >= 11 is 0. The normalized spacial score (nSPS) is 11.0. The van der Waals surface area contributed by atoms with Gasteiger partial charge in [-0.2, -0.15) is 10.2 Å². The van der Waals surface area contributed by atoms with Crippen molar-refractivity contribution in [2.45, 2.75) is 13.1 Å². The highest BCUT2D eigenvalue weighted by molar-refractivity contribution is 5.93. The number of hydrogen-bond donors (Lipinski definition) is 2. The summed E-state index contributed by atoms with van der Waals surface area (Å²) in [5.41, 5.74) is 2.39. The fourth-order valence-electron chi connectivity index (χ4n) is 3.22. The third-order valence-electron chi connectivity index (χ3n) is 4.76. The molecule has 2 N–H and O–H groups in total. The Balaban J connectivity index is 1.56. The first-order valence-electron chi connectivity index (χ1n) is 9.54. The van der Waals surface area contributed by atoms with Gasteiger partial charge in [-0.1, -0.05) is 48.5 Å². The average Bonchev–Trinajstić information content (AvgIpc) is 3.29. The van der Waals surface area contributed by atoms with Gasteiger partial charge in [-0.15, -0.1) is 0 Å². The molecule has 4 aromatic rings. The van der Waals surface area contributed by atoms with E-state index in [1.807, 2.05) is 48.5 Å². The number of methoxy groups -OCH3 is 1. The minimum absolute atomic E-state index is 0.173. The number of carbonyl (C=O) groups is 1. The van der Waals surface area contributed by atoms with Crippen LogP contribution in [0.1, 0.15) is 16.2 Å². The average molecular weight is 403 g/mol. The van der Waals surface area contributed by atoms with Gasteiger partial charge in [0.1, 0.15) is 5.69 Å². The summed E-state index contributed by atoms with van der Waals surface area (Å²) in [6, 6.07) is 18.6. The fourth-order valence-corrected chi connectivity index (χ4v) is 3.22. The summed E-state index contributed by atoms with van der Waals surface area (Å²) in [7, 11) is 1.57. The topological polar surface area (TPSA) is 102 Å². The number of amides is 1. The van der Waals surface area contributed by atoms with Crippen LogP contribution >= 0.6 is 0 Å². The van der Waals surface area contributed by atoms with Crippen molar-refractivity contribution >= 4 is 16.7 Å². The van der Waals surface area contributed by atoms with Gasteiger partial charge in [-0.05, 0) is 12.1 Å². The van der Waals surface area contributed by atoms with E-state index in [9.17, 15) is 9.59 Å².